The van der Waals surface area contributed by atoms with Crippen molar-refractivity contribution in [2.75, 3.05) is 13.2 Å². The van der Waals surface area contributed by atoms with E-state index in [0.29, 0.717) is 0 Å². The number of hydrogen-bond acceptors (Lipinski definition) is 2. The smallest absolute Gasteiger partial charge is 0.0682 e. The van der Waals surface area contributed by atoms with Crippen molar-refractivity contribution in [2.24, 2.45) is 0 Å². The predicted molar refractivity (Wildman–Crippen MR) is 108 cm³/mol. The summed E-state index contributed by atoms with van der Waals surface area (Å²) in [6.45, 7) is 6.36. The van der Waals surface area contributed by atoms with Crippen molar-refractivity contribution in [3.63, 3.8) is 0 Å². The first-order chi connectivity index (χ1) is 11.9. The van der Waals surface area contributed by atoms with E-state index in [-0.39, 0.29) is 0 Å². The van der Waals surface area contributed by atoms with Gasteiger partial charge in [0.2, 0.25) is 0 Å². The van der Waals surface area contributed by atoms with Crippen LogP contribution in [0.1, 0.15) is 129 Å². The summed E-state index contributed by atoms with van der Waals surface area (Å²) in [6.07, 6.45) is 25.2. The normalized spacial score (nSPS) is 11.2. The number of hydroxylamine groups is 1. The van der Waals surface area contributed by atoms with Gasteiger partial charge in [0, 0.05) is 6.54 Å². The van der Waals surface area contributed by atoms with Gasteiger partial charge in [-0.3, -0.25) is 0 Å². The maximum atomic E-state index is 5.35. The number of rotatable bonds is 21. The Bertz CT molecular complexity index is 186. The van der Waals surface area contributed by atoms with Crippen molar-refractivity contribution < 1.29 is 4.84 Å². The number of unbranched alkanes of at least 4 members (excludes halogenated alkanes) is 16. The van der Waals surface area contributed by atoms with E-state index in [1.165, 1.54) is 109 Å². The minimum Gasteiger partial charge on any atom is -0.302 e. The molecule has 0 fully saturated rings. The highest BCUT2D eigenvalue weighted by Gasteiger charge is 1.95. The van der Waals surface area contributed by atoms with Gasteiger partial charge in [-0.05, 0) is 12.8 Å². The molecule has 0 atom stereocenters. The van der Waals surface area contributed by atoms with E-state index >= 15 is 0 Å². The van der Waals surface area contributed by atoms with E-state index in [1.54, 1.807) is 0 Å². The fraction of sp³-hybridized carbons (Fsp3) is 1.00. The van der Waals surface area contributed by atoms with Gasteiger partial charge in [0.15, 0.2) is 0 Å². The van der Waals surface area contributed by atoms with Crippen LogP contribution in [0, 0.1) is 0 Å². The summed E-state index contributed by atoms with van der Waals surface area (Å²) in [5.74, 6) is 0. The summed E-state index contributed by atoms with van der Waals surface area (Å²) in [7, 11) is 0. The summed E-state index contributed by atoms with van der Waals surface area (Å²) in [4.78, 5) is 5.35. The Labute approximate surface area is 153 Å². The quantitative estimate of drug-likeness (QED) is 0.172. The average molecular weight is 342 g/mol. The molecule has 1 N–H and O–H groups in total. The molecule has 0 bridgehead atoms. The Morgan fingerprint density at radius 3 is 1.25 bits per heavy atom. The first kappa shape index (κ1) is 23.9. The molecule has 0 saturated heterocycles. The van der Waals surface area contributed by atoms with Crippen molar-refractivity contribution in [1.29, 1.82) is 0 Å². The number of nitrogens with one attached hydrogen (secondary N) is 1. The monoisotopic (exact) mass is 341 g/mol. The Morgan fingerprint density at radius 1 is 0.458 bits per heavy atom. The van der Waals surface area contributed by atoms with Crippen LogP contribution in [0.15, 0.2) is 0 Å². The van der Waals surface area contributed by atoms with E-state index < -0.39 is 0 Å². The van der Waals surface area contributed by atoms with E-state index in [9.17, 15) is 0 Å². The Morgan fingerprint density at radius 2 is 0.833 bits per heavy atom. The third-order valence-electron chi connectivity index (χ3n) is 4.83. The minimum absolute atomic E-state index is 0.857. The molecule has 0 aliphatic carbocycles. The number of hydrogen-bond donors (Lipinski definition) is 1. The largest absolute Gasteiger partial charge is 0.302 e. The minimum atomic E-state index is 0.857. The molecule has 0 amide bonds. The molecule has 2 heteroatoms. The van der Waals surface area contributed by atoms with Gasteiger partial charge in [0.05, 0.1) is 6.61 Å². The molecule has 0 aromatic heterocycles. The van der Waals surface area contributed by atoms with E-state index in [2.05, 4.69) is 19.3 Å². The van der Waals surface area contributed by atoms with Gasteiger partial charge in [-0.25, -0.2) is 5.48 Å². The molecule has 2 nitrogen and oxygen atoms in total. The van der Waals surface area contributed by atoms with Gasteiger partial charge in [0.1, 0.15) is 0 Å². The Hall–Kier alpha value is -0.0800. The zero-order chi connectivity index (χ0) is 17.6. The van der Waals surface area contributed by atoms with Crippen LogP contribution < -0.4 is 5.48 Å². The molecule has 24 heavy (non-hydrogen) atoms. The second kappa shape index (κ2) is 22.9. The molecule has 0 aromatic rings. The molecular weight excluding hydrogens is 294 g/mol. The predicted octanol–water partition coefficient (Wildman–Crippen LogP) is 7.57. The van der Waals surface area contributed by atoms with Crippen LogP contribution in [0.4, 0.5) is 0 Å². The van der Waals surface area contributed by atoms with Crippen molar-refractivity contribution >= 4 is 0 Å². The lowest BCUT2D eigenvalue weighted by Gasteiger charge is -2.05. The third kappa shape index (κ3) is 21.9. The first-order valence-corrected chi connectivity index (χ1v) is 11.3. The van der Waals surface area contributed by atoms with Crippen LogP contribution in [0.3, 0.4) is 0 Å². The van der Waals surface area contributed by atoms with E-state index in [0.717, 1.165) is 19.6 Å². The Kier molecular flexibility index (Phi) is 22.8. The van der Waals surface area contributed by atoms with Gasteiger partial charge in [-0.2, -0.15) is 0 Å². The third-order valence-corrected chi connectivity index (χ3v) is 4.83. The molecule has 0 aliphatic heterocycles. The average Bonchev–Trinajstić information content (AvgIpc) is 2.60. The van der Waals surface area contributed by atoms with Gasteiger partial charge >= 0.3 is 0 Å². The maximum absolute atomic E-state index is 5.35. The zero-order valence-electron chi connectivity index (χ0n) is 17.1. The van der Waals surface area contributed by atoms with Crippen molar-refractivity contribution in [3.8, 4) is 0 Å². The molecule has 0 rings (SSSR count). The standard InChI is InChI=1S/C22H47NO/c1-3-5-7-8-9-10-11-12-13-14-15-16-17-18-19-20-21-23-24-22-6-4-2/h23H,3-22H2,1-2H3. The summed E-state index contributed by atoms with van der Waals surface area (Å²) < 4.78 is 0. The SMILES string of the molecule is CCCCCCCCCCCCCCCCCCNOCCCC. The molecule has 146 valence electrons. The zero-order valence-corrected chi connectivity index (χ0v) is 17.1. The highest BCUT2D eigenvalue weighted by Crippen LogP contribution is 2.13. The van der Waals surface area contributed by atoms with Crippen molar-refractivity contribution in [1.82, 2.24) is 5.48 Å². The van der Waals surface area contributed by atoms with Gasteiger partial charge in [-0.15, -0.1) is 0 Å². The lowest BCUT2D eigenvalue weighted by atomic mass is 10.0. The summed E-state index contributed by atoms with van der Waals surface area (Å²) >= 11 is 0. The van der Waals surface area contributed by atoms with Crippen LogP contribution >= 0.6 is 0 Å². The molecular formula is C22H47NO. The molecule has 0 saturated carbocycles. The molecule has 0 aromatic carbocycles. The van der Waals surface area contributed by atoms with Crippen LogP contribution in [0.2, 0.25) is 0 Å². The van der Waals surface area contributed by atoms with E-state index in [1.807, 2.05) is 0 Å². The first-order valence-electron chi connectivity index (χ1n) is 11.3. The van der Waals surface area contributed by atoms with Crippen molar-refractivity contribution in [3.05, 3.63) is 0 Å². The fourth-order valence-corrected chi connectivity index (χ4v) is 3.11. The maximum Gasteiger partial charge on any atom is 0.0682 e. The van der Waals surface area contributed by atoms with E-state index in [4.69, 9.17) is 4.84 Å². The molecule has 0 radical (unpaired) electrons. The van der Waals surface area contributed by atoms with Crippen LogP contribution in [-0.4, -0.2) is 13.2 Å². The van der Waals surface area contributed by atoms with Gasteiger partial charge < -0.3 is 4.84 Å². The molecule has 0 aliphatic rings. The topological polar surface area (TPSA) is 21.3 Å². The fourth-order valence-electron chi connectivity index (χ4n) is 3.11. The Balaban J connectivity index is 2.93. The van der Waals surface area contributed by atoms with Crippen LogP contribution in [0.25, 0.3) is 0 Å². The van der Waals surface area contributed by atoms with Crippen LogP contribution in [-0.2, 0) is 4.84 Å². The highest BCUT2D eigenvalue weighted by molar-refractivity contribution is 4.50. The second-order valence-corrected chi connectivity index (χ2v) is 7.40. The van der Waals surface area contributed by atoms with Crippen molar-refractivity contribution in [2.45, 2.75) is 129 Å². The van der Waals surface area contributed by atoms with Gasteiger partial charge in [-0.1, -0.05) is 117 Å². The van der Waals surface area contributed by atoms with Crippen LogP contribution in [0.5, 0.6) is 0 Å². The molecule has 0 spiro atoms. The lowest BCUT2D eigenvalue weighted by molar-refractivity contribution is 0.0384. The molecule has 0 heterocycles. The summed E-state index contributed by atoms with van der Waals surface area (Å²) in [6, 6.07) is 0. The highest BCUT2D eigenvalue weighted by atomic mass is 16.6. The van der Waals surface area contributed by atoms with Gasteiger partial charge in [0.25, 0.3) is 0 Å². The summed E-state index contributed by atoms with van der Waals surface area (Å²) in [5, 5.41) is 0. The molecule has 0 unspecified atom stereocenters. The summed E-state index contributed by atoms with van der Waals surface area (Å²) in [5.41, 5.74) is 3.07. The second-order valence-electron chi connectivity index (χ2n) is 7.40. The lowest BCUT2D eigenvalue weighted by Crippen LogP contribution is -2.16.